The van der Waals surface area contributed by atoms with Crippen molar-refractivity contribution in [1.29, 1.82) is 0 Å². The van der Waals surface area contributed by atoms with Crippen LogP contribution in [-0.4, -0.2) is 52.2 Å². The third-order valence-electron chi connectivity index (χ3n) is 6.17. The molecule has 1 aromatic heterocycles. The molecule has 1 fully saturated rings. The molecule has 2 aromatic carbocycles. The van der Waals surface area contributed by atoms with Crippen LogP contribution < -0.4 is 11.2 Å². The van der Waals surface area contributed by atoms with Gasteiger partial charge in [0, 0.05) is 37.1 Å². The van der Waals surface area contributed by atoms with Gasteiger partial charge in [-0.2, -0.15) is 0 Å². The van der Waals surface area contributed by atoms with Crippen LogP contribution in [0.4, 0.5) is 0 Å². The first-order valence-corrected chi connectivity index (χ1v) is 11.4. The number of aromatic nitrogens is 2. The third kappa shape index (κ3) is 3.78. The number of fused-ring (bicyclic) bond motifs is 1. The molecule has 3 aromatic rings. The standard InChI is InChI=1S/C24H26N4O2S/c1-16-4-7-18(8-5-16)19-14-21(29)27(15-26-12-10-25(3)11-13-26)24(30)28(19)22-17(2)6-9-20-23(22)31-20/h4-9,14H,10-13,15H2,1-3H3. The van der Waals surface area contributed by atoms with Crippen molar-refractivity contribution < 1.29 is 0 Å². The van der Waals surface area contributed by atoms with E-state index in [1.165, 1.54) is 9.46 Å². The average Bonchev–Trinajstić information content (AvgIpc) is 3.53. The largest absolute Gasteiger partial charge is 0.337 e. The lowest BCUT2D eigenvalue weighted by Crippen LogP contribution is -2.49. The highest BCUT2D eigenvalue weighted by Gasteiger charge is 2.28. The number of likely N-dealkylation sites (N-methyl/N-ethyl adjacent to an activating group) is 1. The Balaban J connectivity index is 1.69. The van der Waals surface area contributed by atoms with Gasteiger partial charge in [0.05, 0.1) is 22.9 Å². The van der Waals surface area contributed by atoms with Crippen LogP contribution >= 0.6 is 11.8 Å². The zero-order valence-electron chi connectivity index (χ0n) is 18.1. The Morgan fingerprint density at radius 2 is 1.65 bits per heavy atom. The minimum absolute atomic E-state index is 0.252. The van der Waals surface area contributed by atoms with Gasteiger partial charge in [-0.3, -0.25) is 14.3 Å². The maximum atomic E-state index is 13.8. The molecular weight excluding hydrogens is 408 g/mol. The fourth-order valence-corrected chi connectivity index (χ4v) is 4.96. The molecule has 3 heterocycles. The van der Waals surface area contributed by atoms with Gasteiger partial charge >= 0.3 is 5.69 Å². The molecule has 0 bridgehead atoms. The summed E-state index contributed by atoms with van der Waals surface area (Å²) in [6.07, 6.45) is 0. The van der Waals surface area contributed by atoms with Gasteiger partial charge in [-0.15, -0.1) is 0 Å². The molecule has 2 aliphatic rings. The number of piperazine rings is 1. The highest BCUT2D eigenvalue weighted by molar-refractivity contribution is 8.05. The quantitative estimate of drug-likeness (QED) is 0.462. The summed E-state index contributed by atoms with van der Waals surface area (Å²) in [5.41, 5.74) is 4.06. The van der Waals surface area contributed by atoms with Gasteiger partial charge in [0.15, 0.2) is 0 Å². The van der Waals surface area contributed by atoms with Crippen molar-refractivity contribution in [2.45, 2.75) is 30.3 Å². The Labute approximate surface area is 185 Å². The first-order valence-electron chi connectivity index (χ1n) is 10.6. The first kappa shape index (κ1) is 20.3. The molecule has 2 aliphatic heterocycles. The van der Waals surface area contributed by atoms with Crippen LogP contribution in [0.5, 0.6) is 0 Å². The smallest absolute Gasteiger partial charge is 0.304 e. The fraction of sp³-hybridized carbons (Fsp3) is 0.333. The Morgan fingerprint density at radius 1 is 0.935 bits per heavy atom. The lowest BCUT2D eigenvalue weighted by Gasteiger charge is -2.32. The summed E-state index contributed by atoms with van der Waals surface area (Å²) < 4.78 is 3.13. The minimum atomic E-state index is -0.272. The Morgan fingerprint density at radius 3 is 2.35 bits per heavy atom. The van der Waals surface area contributed by atoms with E-state index < -0.39 is 0 Å². The summed E-state index contributed by atoms with van der Waals surface area (Å²) in [6.45, 7) is 7.94. The van der Waals surface area contributed by atoms with Gasteiger partial charge < -0.3 is 4.90 Å². The van der Waals surface area contributed by atoms with Crippen molar-refractivity contribution in [3.05, 3.63) is 74.4 Å². The van der Waals surface area contributed by atoms with E-state index in [1.807, 2.05) is 38.1 Å². The first-order chi connectivity index (χ1) is 14.9. The molecule has 7 heteroatoms. The van der Waals surface area contributed by atoms with Crippen molar-refractivity contribution in [1.82, 2.24) is 18.9 Å². The van der Waals surface area contributed by atoms with Crippen molar-refractivity contribution in [2.24, 2.45) is 0 Å². The number of nitrogens with zero attached hydrogens (tertiary/aromatic N) is 4. The highest BCUT2D eigenvalue weighted by Crippen LogP contribution is 2.53. The molecule has 0 N–H and O–H groups in total. The number of rotatable bonds is 4. The van der Waals surface area contributed by atoms with E-state index in [-0.39, 0.29) is 11.2 Å². The van der Waals surface area contributed by atoms with Gasteiger partial charge in [0.2, 0.25) is 0 Å². The van der Waals surface area contributed by atoms with Gasteiger partial charge in [-0.05, 0) is 38.1 Å². The second-order valence-corrected chi connectivity index (χ2v) is 9.56. The Hall–Kier alpha value is -2.61. The van der Waals surface area contributed by atoms with Gasteiger partial charge in [0.1, 0.15) is 0 Å². The van der Waals surface area contributed by atoms with Crippen LogP contribution in [0, 0.1) is 13.8 Å². The van der Waals surface area contributed by atoms with Crippen molar-refractivity contribution in [2.75, 3.05) is 33.2 Å². The van der Waals surface area contributed by atoms with Gasteiger partial charge in [-0.1, -0.05) is 47.7 Å². The summed E-state index contributed by atoms with van der Waals surface area (Å²) in [5.74, 6) is 0. The second kappa shape index (κ2) is 7.82. The Kier molecular flexibility index (Phi) is 5.12. The number of hydrogen-bond donors (Lipinski definition) is 0. The topological polar surface area (TPSA) is 50.5 Å². The maximum Gasteiger partial charge on any atom is 0.337 e. The average molecular weight is 435 g/mol. The second-order valence-electron chi connectivity index (χ2n) is 8.50. The van der Waals surface area contributed by atoms with Crippen LogP contribution in [0.25, 0.3) is 16.9 Å². The molecule has 31 heavy (non-hydrogen) atoms. The van der Waals surface area contributed by atoms with E-state index in [9.17, 15) is 9.59 Å². The molecule has 0 atom stereocenters. The molecule has 0 radical (unpaired) electrons. The van der Waals surface area contributed by atoms with E-state index in [0.717, 1.165) is 53.5 Å². The van der Waals surface area contributed by atoms with Gasteiger partial charge in [0.25, 0.3) is 5.56 Å². The van der Waals surface area contributed by atoms with E-state index >= 15 is 0 Å². The predicted octanol–water partition coefficient (Wildman–Crippen LogP) is 2.95. The van der Waals surface area contributed by atoms with E-state index in [1.54, 1.807) is 22.4 Å². The zero-order valence-corrected chi connectivity index (χ0v) is 18.9. The van der Waals surface area contributed by atoms with Gasteiger partial charge in [-0.25, -0.2) is 9.36 Å². The molecular formula is C24H26N4O2S. The molecule has 5 rings (SSSR count). The molecule has 0 unspecified atom stereocenters. The minimum Gasteiger partial charge on any atom is -0.304 e. The lowest BCUT2D eigenvalue weighted by atomic mass is 10.1. The molecule has 160 valence electrons. The summed E-state index contributed by atoms with van der Waals surface area (Å²) in [5, 5.41) is 0. The van der Waals surface area contributed by atoms with Crippen LogP contribution in [-0.2, 0) is 6.67 Å². The zero-order chi connectivity index (χ0) is 21.7. The van der Waals surface area contributed by atoms with E-state index in [2.05, 4.69) is 29.0 Å². The normalized spacial score (nSPS) is 16.4. The van der Waals surface area contributed by atoms with Crippen molar-refractivity contribution in [3.63, 3.8) is 0 Å². The van der Waals surface area contributed by atoms with Crippen LogP contribution in [0.3, 0.4) is 0 Å². The summed E-state index contributed by atoms with van der Waals surface area (Å²) in [4.78, 5) is 33.7. The highest BCUT2D eigenvalue weighted by atomic mass is 32.2. The molecule has 0 spiro atoms. The van der Waals surface area contributed by atoms with E-state index in [0.29, 0.717) is 12.4 Å². The molecule has 0 amide bonds. The number of benzene rings is 2. The Bertz CT molecular complexity index is 1260. The molecule has 6 nitrogen and oxygen atoms in total. The van der Waals surface area contributed by atoms with Crippen molar-refractivity contribution in [3.8, 4) is 16.9 Å². The fourth-order valence-electron chi connectivity index (χ4n) is 4.15. The molecule has 0 aliphatic carbocycles. The van der Waals surface area contributed by atoms with Crippen LogP contribution in [0.2, 0.25) is 0 Å². The summed E-state index contributed by atoms with van der Waals surface area (Å²) >= 11 is 1.69. The number of hydrogen-bond acceptors (Lipinski definition) is 5. The predicted molar refractivity (Wildman–Crippen MR) is 124 cm³/mol. The lowest BCUT2D eigenvalue weighted by molar-refractivity contribution is 0.121. The van der Waals surface area contributed by atoms with Crippen LogP contribution in [0.1, 0.15) is 11.1 Å². The third-order valence-corrected chi connectivity index (χ3v) is 7.14. The number of aryl methyl sites for hydroxylation is 2. The van der Waals surface area contributed by atoms with E-state index in [4.69, 9.17) is 0 Å². The van der Waals surface area contributed by atoms with Crippen LogP contribution in [0.15, 0.2) is 61.8 Å². The summed E-state index contributed by atoms with van der Waals surface area (Å²) in [7, 11) is 2.09. The monoisotopic (exact) mass is 434 g/mol. The molecule has 0 saturated carbocycles. The summed E-state index contributed by atoms with van der Waals surface area (Å²) in [6, 6.07) is 13.7. The maximum absolute atomic E-state index is 13.8. The van der Waals surface area contributed by atoms with Crippen molar-refractivity contribution >= 4 is 11.8 Å². The SMILES string of the molecule is Cc1ccc(-c2cc(=O)n(CN3CCN(C)CC3)c(=O)n2-c2c(C)ccc3c2S3)cc1. The molecule has 1 saturated heterocycles.